The number of carboxylic acid groups (broad SMARTS) is 1. The smallest absolute Gasteiger partial charge is 1.00 e. The summed E-state index contributed by atoms with van der Waals surface area (Å²) in [5.74, 6) is -0.724. The Labute approximate surface area is 282 Å². The van der Waals surface area contributed by atoms with Gasteiger partial charge in [-0.15, -0.1) is 0 Å². The van der Waals surface area contributed by atoms with E-state index in [4.69, 9.17) is 29.2 Å². The average molecular weight is 610 g/mol. The summed E-state index contributed by atoms with van der Waals surface area (Å²) in [6, 6.07) is 26.2. The Morgan fingerprint density at radius 3 is 2.52 bits per heavy atom. The van der Waals surface area contributed by atoms with Crippen LogP contribution in [-0.2, 0) is 16.8 Å². The summed E-state index contributed by atoms with van der Waals surface area (Å²) in [5, 5.41) is 22.0. The first kappa shape index (κ1) is 32.8. The van der Waals surface area contributed by atoms with Gasteiger partial charge in [0.2, 0.25) is 0 Å². The number of pyridine rings is 1. The van der Waals surface area contributed by atoms with Gasteiger partial charge in [-0.25, -0.2) is 4.98 Å². The minimum Gasteiger partial charge on any atom is -1.00 e. The summed E-state index contributed by atoms with van der Waals surface area (Å²) < 4.78 is 0. The molecule has 2 N–H and O–H groups in total. The van der Waals surface area contributed by atoms with Crippen LogP contribution in [0.3, 0.4) is 0 Å². The molecule has 0 amide bonds. The monoisotopic (exact) mass is 609 g/mol. The molecule has 1 heterocycles. The van der Waals surface area contributed by atoms with E-state index in [1.165, 1.54) is 0 Å². The number of carbonyl (C=O) groups is 1. The maximum Gasteiger partial charge on any atom is 1.00 e. The molecular weight excluding hydrogens is 573 g/mol. The number of nitrogens with zero attached hydrogens (tertiary/aromatic N) is 1. The molecule has 2 atom stereocenters. The number of aromatic nitrogens is 1. The van der Waals surface area contributed by atoms with E-state index < -0.39 is 11.6 Å². The third-order valence-electron chi connectivity index (χ3n) is 8.27. The molecule has 1 aliphatic carbocycles. The van der Waals surface area contributed by atoms with Crippen LogP contribution >= 0.6 is 24.2 Å². The first-order valence-electron chi connectivity index (χ1n) is 14.1. The number of carboxylic acids is 1. The second-order valence-corrected chi connectivity index (χ2v) is 12.8. The van der Waals surface area contributed by atoms with E-state index in [9.17, 15) is 15.0 Å². The van der Waals surface area contributed by atoms with Crippen molar-refractivity contribution in [1.29, 1.82) is 0 Å². The molecule has 5 rings (SSSR count). The Balaban J connectivity index is 0.00000253. The van der Waals surface area contributed by atoms with Gasteiger partial charge in [0.15, 0.2) is 0 Å². The number of halogens is 1. The van der Waals surface area contributed by atoms with Crippen LogP contribution in [0.5, 0.6) is 0 Å². The number of fused-ring (bicyclic) bond motifs is 1. The summed E-state index contributed by atoms with van der Waals surface area (Å²) in [4.78, 5) is 16.5. The minimum absolute atomic E-state index is 0. The van der Waals surface area contributed by atoms with Crippen LogP contribution in [-0.4, -0.2) is 26.4 Å². The molecule has 42 heavy (non-hydrogen) atoms. The normalized spacial score (nSPS) is 15.7. The maximum absolute atomic E-state index is 11.7. The molecule has 1 aromatic heterocycles. The van der Waals surface area contributed by atoms with Gasteiger partial charge in [0.1, 0.15) is 0 Å². The van der Waals surface area contributed by atoms with Crippen molar-refractivity contribution in [1.82, 2.24) is 4.98 Å². The van der Waals surface area contributed by atoms with Gasteiger partial charge in [-0.2, -0.15) is 12.6 Å². The number of thiol groups is 1. The van der Waals surface area contributed by atoms with Crippen molar-refractivity contribution in [3.63, 3.8) is 0 Å². The number of aliphatic hydroxyl groups is 1. The third kappa shape index (κ3) is 7.88. The predicted octanol–water partition coefficient (Wildman–Crippen LogP) is 5.67. The zero-order chi connectivity index (χ0) is 29.2. The summed E-state index contributed by atoms with van der Waals surface area (Å²) in [7, 11) is 0. The summed E-state index contributed by atoms with van der Waals surface area (Å²) in [6.45, 7) is 3.62. The first-order chi connectivity index (χ1) is 19.5. The number of hydrogen-bond donors (Lipinski definition) is 3. The fourth-order valence-electron chi connectivity index (χ4n) is 5.89. The molecule has 0 bridgehead atoms. The first-order valence-corrected chi connectivity index (χ1v) is 15.0. The Morgan fingerprint density at radius 1 is 1.07 bits per heavy atom. The molecule has 1 aliphatic rings. The molecule has 7 heteroatoms. The summed E-state index contributed by atoms with van der Waals surface area (Å²) in [6.07, 6.45) is 7.50. The molecule has 0 saturated heterocycles. The topological polar surface area (TPSA) is 70.4 Å². The van der Waals surface area contributed by atoms with Gasteiger partial charge >= 0.3 is 35.5 Å². The van der Waals surface area contributed by atoms with Crippen molar-refractivity contribution in [3.8, 4) is 0 Å². The van der Waals surface area contributed by atoms with Crippen LogP contribution in [0.15, 0.2) is 78.9 Å². The van der Waals surface area contributed by atoms with Crippen molar-refractivity contribution >= 4 is 53.3 Å². The van der Waals surface area contributed by atoms with E-state index in [0.717, 1.165) is 64.5 Å². The SMILES string of the molecule is CC(C)(O)c1ccccc1CC[C@H](c1cccc(/C=C/c2ccc3ccc(Cl)cc3n2)c1)C(S)C1(CC(=O)O)CC1.[H-].[Na+]. The minimum atomic E-state index is -0.944. The van der Waals surface area contributed by atoms with Gasteiger partial charge in [0.05, 0.1) is 23.2 Å². The molecule has 214 valence electrons. The summed E-state index contributed by atoms with van der Waals surface area (Å²) >= 11 is 11.3. The molecule has 0 spiro atoms. The number of benzene rings is 3. The fraction of sp³-hybridized carbons (Fsp3) is 0.314. The van der Waals surface area contributed by atoms with E-state index in [-0.39, 0.29) is 54.0 Å². The third-order valence-corrected chi connectivity index (χ3v) is 9.41. The van der Waals surface area contributed by atoms with Gasteiger partial charge < -0.3 is 11.6 Å². The van der Waals surface area contributed by atoms with E-state index in [2.05, 4.69) is 36.4 Å². The van der Waals surface area contributed by atoms with Crippen LogP contribution in [0.4, 0.5) is 0 Å². The van der Waals surface area contributed by atoms with Crippen LogP contribution < -0.4 is 29.6 Å². The van der Waals surface area contributed by atoms with Crippen LogP contribution in [0.25, 0.3) is 23.1 Å². The van der Waals surface area contributed by atoms with Crippen LogP contribution in [0.2, 0.25) is 5.02 Å². The van der Waals surface area contributed by atoms with Gasteiger partial charge in [0.25, 0.3) is 0 Å². The van der Waals surface area contributed by atoms with Gasteiger partial charge in [-0.1, -0.05) is 78.3 Å². The second kappa shape index (κ2) is 13.7. The zero-order valence-corrected chi connectivity index (χ0v) is 28.1. The molecule has 3 aromatic carbocycles. The van der Waals surface area contributed by atoms with Gasteiger partial charge in [-0.05, 0) is 97.4 Å². The number of aryl methyl sites for hydroxylation is 1. The molecular formula is C35H37ClNNaO3S. The number of rotatable bonds is 11. The Hall–Kier alpha value is -2.12. The second-order valence-electron chi connectivity index (χ2n) is 11.8. The Morgan fingerprint density at radius 2 is 1.81 bits per heavy atom. The Bertz CT molecular complexity index is 1600. The number of aliphatic carboxylic acids is 1. The average Bonchev–Trinajstić information content (AvgIpc) is 3.71. The van der Waals surface area contributed by atoms with E-state index in [0.29, 0.717) is 5.02 Å². The quantitative estimate of drug-likeness (QED) is 0.151. The standard InChI is InChI=1S/C35H36ClNO3S.Na.H/c1-34(2,40)30-9-4-3-7-24(30)13-17-29(33(41)35(18-19-35)22-32(38)39)26-8-5-6-23(20-26)10-15-28-16-12-25-11-14-27(36)21-31(25)37-28;;/h3-12,14-16,20-21,29,33,40-41H,13,17-19,22H2,1-2H3,(H,38,39);;/q;+1;-1/b15-10+;;/t29-,33?;;/m1../s1. The molecule has 0 aliphatic heterocycles. The number of hydrogen-bond acceptors (Lipinski definition) is 4. The molecule has 4 aromatic rings. The van der Waals surface area contributed by atoms with E-state index >= 15 is 0 Å². The largest absolute Gasteiger partial charge is 1.00 e. The van der Waals surface area contributed by atoms with Gasteiger partial charge in [0, 0.05) is 15.7 Å². The molecule has 0 radical (unpaired) electrons. The fourth-order valence-corrected chi connectivity index (χ4v) is 6.73. The zero-order valence-electron chi connectivity index (χ0n) is 25.4. The van der Waals surface area contributed by atoms with Crippen LogP contribution in [0, 0.1) is 5.41 Å². The predicted molar refractivity (Wildman–Crippen MR) is 173 cm³/mol. The summed E-state index contributed by atoms with van der Waals surface area (Å²) in [5.41, 5.74) is 4.66. The van der Waals surface area contributed by atoms with E-state index in [1.807, 2.05) is 68.5 Å². The Kier molecular flexibility index (Phi) is 10.7. The van der Waals surface area contributed by atoms with Crippen molar-refractivity contribution in [2.75, 3.05) is 0 Å². The molecule has 4 nitrogen and oxygen atoms in total. The van der Waals surface area contributed by atoms with Crippen LogP contribution in [0.1, 0.15) is 74.8 Å². The van der Waals surface area contributed by atoms with Crippen molar-refractivity contribution in [2.45, 2.75) is 62.7 Å². The van der Waals surface area contributed by atoms with Crippen molar-refractivity contribution in [2.24, 2.45) is 5.41 Å². The molecule has 1 saturated carbocycles. The maximum atomic E-state index is 11.7. The van der Waals surface area contributed by atoms with Gasteiger partial charge in [-0.3, -0.25) is 4.79 Å². The van der Waals surface area contributed by atoms with E-state index in [1.54, 1.807) is 0 Å². The molecule has 1 unspecified atom stereocenters. The molecule has 1 fully saturated rings. The van der Waals surface area contributed by atoms with Crippen molar-refractivity contribution < 1.29 is 46.0 Å². The van der Waals surface area contributed by atoms with Crippen molar-refractivity contribution in [3.05, 3.63) is 112 Å².